The Morgan fingerprint density at radius 1 is 1.00 bits per heavy atom. The number of aryl methyl sites for hydroxylation is 3. The molecule has 0 spiro atoms. The van der Waals surface area contributed by atoms with Gasteiger partial charge in [0, 0.05) is 0 Å². The molecule has 3 nitrogen and oxygen atoms in total. The second-order valence-corrected chi connectivity index (χ2v) is 3.13. The van der Waals surface area contributed by atoms with E-state index in [4.69, 9.17) is 4.74 Å². The van der Waals surface area contributed by atoms with Crippen molar-refractivity contribution in [1.29, 1.82) is 0 Å². The van der Waals surface area contributed by atoms with Crippen LogP contribution in [0, 0.1) is 20.8 Å². The molecule has 0 radical (unpaired) electrons. The second kappa shape index (κ2) is 4.21. The number of hydrogen-bond acceptors (Lipinski definition) is 3. The summed E-state index contributed by atoms with van der Waals surface area (Å²) in [5.41, 5.74) is 2.79. The zero-order chi connectivity index (χ0) is 9.84. The molecule has 13 heavy (non-hydrogen) atoms. The third-order valence-electron chi connectivity index (χ3n) is 1.88. The van der Waals surface area contributed by atoms with Crippen molar-refractivity contribution in [2.24, 2.45) is 0 Å². The van der Waals surface area contributed by atoms with E-state index in [1.165, 1.54) is 0 Å². The maximum atomic E-state index is 5.45. The first kappa shape index (κ1) is 9.96. The van der Waals surface area contributed by atoms with E-state index in [9.17, 15) is 0 Å². The van der Waals surface area contributed by atoms with E-state index >= 15 is 0 Å². The van der Waals surface area contributed by atoms with Gasteiger partial charge in [-0.05, 0) is 27.2 Å². The lowest BCUT2D eigenvalue weighted by molar-refractivity contribution is 0.300. The van der Waals surface area contributed by atoms with Gasteiger partial charge in [-0.2, -0.15) is 0 Å². The first-order chi connectivity index (χ1) is 6.15. The van der Waals surface area contributed by atoms with Gasteiger partial charge in [0.1, 0.15) is 0 Å². The fourth-order valence-corrected chi connectivity index (χ4v) is 1.03. The highest BCUT2D eigenvalue weighted by Gasteiger charge is 2.05. The van der Waals surface area contributed by atoms with Crippen LogP contribution in [-0.2, 0) is 0 Å². The number of hydrogen-bond donors (Lipinski definition) is 0. The van der Waals surface area contributed by atoms with Crippen molar-refractivity contribution in [2.45, 2.75) is 34.1 Å². The van der Waals surface area contributed by atoms with Crippen LogP contribution in [0.1, 0.15) is 30.4 Å². The highest BCUT2D eigenvalue weighted by Crippen LogP contribution is 2.14. The maximum Gasteiger partial charge on any atom is 0.235 e. The molecule has 0 fully saturated rings. The Labute approximate surface area is 79.2 Å². The van der Waals surface area contributed by atoms with Crippen LogP contribution in [-0.4, -0.2) is 16.6 Å². The molecule has 0 aromatic carbocycles. The van der Waals surface area contributed by atoms with Gasteiger partial charge in [-0.1, -0.05) is 6.92 Å². The molecule has 0 aliphatic carbocycles. The van der Waals surface area contributed by atoms with Crippen molar-refractivity contribution in [1.82, 2.24) is 9.97 Å². The Balaban J connectivity index is 2.88. The van der Waals surface area contributed by atoms with Crippen molar-refractivity contribution in [3.05, 3.63) is 17.1 Å². The van der Waals surface area contributed by atoms with Crippen molar-refractivity contribution < 1.29 is 4.74 Å². The minimum absolute atomic E-state index is 0.671. The predicted molar refractivity (Wildman–Crippen MR) is 52.0 cm³/mol. The van der Waals surface area contributed by atoms with Gasteiger partial charge in [-0.3, -0.25) is 4.98 Å². The Morgan fingerprint density at radius 2 is 1.62 bits per heavy atom. The van der Waals surface area contributed by atoms with Crippen molar-refractivity contribution >= 4 is 0 Å². The van der Waals surface area contributed by atoms with Gasteiger partial charge < -0.3 is 4.74 Å². The van der Waals surface area contributed by atoms with E-state index < -0.39 is 0 Å². The summed E-state index contributed by atoms with van der Waals surface area (Å²) in [6.45, 7) is 8.60. The zero-order valence-electron chi connectivity index (χ0n) is 8.72. The highest BCUT2D eigenvalue weighted by molar-refractivity contribution is 5.22. The van der Waals surface area contributed by atoms with Gasteiger partial charge in [-0.25, -0.2) is 4.98 Å². The van der Waals surface area contributed by atoms with Crippen LogP contribution in [0.4, 0.5) is 0 Å². The number of aromatic nitrogens is 2. The average Bonchev–Trinajstić information content (AvgIpc) is 2.09. The second-order valence-electron chi connectivity index (χ2n) is 3.13. The Morgan fingerprint density at radius 3 is 2.23 bits per heavy atom. The summed E-state index contributed by atoms with van der Waals surface area (Å²) in [5, 5.41) is 0. The molecule has 3 heteroatoms. The molecule has 1 aromatic rings. The summed E-state index contributed by atoms with van der Waals surface area (Å²) in [5.74, 6) is 0.671. The van der Waals surface area contributed by atoms with E-state index in [1.807, 2.05) is 20.8 Å². The van der Waals surface area contributed by atoms with Crippen LogP contribution in [0.2, 0.25) is 0 Å². The minimum atomic E-state index is 0.671. The fraction of sp³-hybridized carbons (Fsp3) is 0.600. The number of rotatable bonds is 3. The lowest BCUT2D eigenvalue weighted by Gasteiger charge is -2.08. The third-order valence-corrected chi connectivity index (χ3v) is 1.88. The SMILES string of the molecule is CCCOc1nc(C)c(C)nc1C. The Kier molecular flexibility index (Phi) is 3.23. The van der Waals surface area contributed by atoms with Crippen LogP contribution >= 0.6 is 0 Å². The van der Waals surface area contributed by atoms with Gasteiger partial charge in [-0.15, -0.1) is 0 Å². The lowest BCUT2D eigenvalue weighted by atomic mass is 10.3. The molecule has 0 amide bonds. The number of ether oxygens (including phenoxy) is 1. The molecule has 0 saturated carbocycles. The van der Waals surface area contributed by atoms with Crippen LogP contribution in [0.15, 0.2) is 0 Å². The molecule has 72 valence electrons. The highest BCUT2D eigenvalue weighted by atomic mass is 16.5. The molecule has 1 rings (SSSR count). The summed E-state index contributed by atoms with van der Waals surface area (Å²) in [7, 11) is 0. The molecule has 0 saturated heterocycles. The first-order valence-electron chi connectivity index (χ1n) is 4.59. The minimum Gasteiger partial charge on any atom is -0.476 e. The van der Waals surface area contributed by atoms with Crippen LogP contribution in [0.3, 0.4) is 0 Å². The maximum absolute atomic E-state index is 5.45. The topological polar surface area (TPSA) is 35.0 Å². The van der Waals surface area contributed by atoms with Crippen LogP contribution < -0.4 is 4.74 Å². The van der Waals surface area contributed by atoms with Gasteiger partial charge in [0.25, 0.3) is 0 Å². The van der Waals surface area contributed by atoms with E-state index in [0.717, 1.165) is 23.5 Å². The van der Waals surface area contributed by atoms with Crippen molar-refractivity contribution in [2.75, 3.05) is 6.61 Å². The largest absolute Gasteiger partial charge is 0.476 e. The molecule has 0 unspecified atom stereocenters. The summed E-state index contributed by atoms with van der Waals surface area (Å²) in [4.78, 5) is 8.66. The van der Waals surface area contributed by atoms with Crippen LogP contribution in [0.5, 0.6) is 5.88 Å². The van der Waals surface area contributed by atoms with Gasteiger partial charge in [0.05, 0.1) is 23.7 Å². The van der Waals surface area contributed by atoms with E-state index in [2.05, 4.69) is 16.9 Å². The lowest BCUT2D eigenvalue weighted by Crippen LogP contribution is -2.03. The van der Waals surface area contributed by atoms with E-state index in [0.29, 0.717) is 12.5 Å². The summed E-state index contributed by atoms with van der Waals surface area (Å²) >= 11 is 0. The van der Waals surface area contributed by atoms with E-state index in [1.54, 1.807) is 0 Å². The van der Waals surface area contributed by atoms with Crippen LogP contribution in [0.25, 0.3) is 0 Å². The molecule has 0 aliphatic rings. The fourth-order valence-electron chi connectivity index (χ4n) is 1.03. The molecular formula is C10H16N2O. The quantitative estimate of drug-likeness (QED) is 0.715. The smallest absolute Gasteiger partial charge is 0.235 e. The van der Waals surface area contributed by atoms with Crippen molar-refractivity contribution in [3.8, 4) is 5.88 Å². The molecule has 0 atom stereocenters. The van der Waals surface area contributed by atoms with Crippen molar-refractivity contribution in [3.63, 3.8) is 0 Å². The molecule has 0 bridgehead atoms. The molecule has 0 aliphatic heterocycles. The molecule has 1 heterocycles. The standard InChI is InChI=1S/C10H16N2O/c1-5-6-13-10-9(4)11-7(2)8(3)12-10/h5-6H2,1-4H3. The molecule has 1 aromatic heterocycles. The van der Waals surface area contributed by atoms with Gasteiger partial charge in [0.15, 0.2) is 0 Å². The van der Waals surface area contributed by atoms with E-state index in [-0.39, 0.29) is 0 Å². The normalized spacial score (nSPS) is 10.2. The third kappa shape index (κ3) is 2.41. The predicted octanol–water partition coefficient (Wildman–Crippen LogP) is 2.19. The Bertz CT molecular complexity index is 297. The van der Waals surface area contributed by atoms with Gasteiger partial charge >= 0.3 is 0 Å². The number of nitrogens with zero attached hydrogens (tertiary/aromatic N) is 2. The molecule has 0 N–H and O–H groups in total. The summed E-state index contributed by atoms with van der Waals surface area (Å²) < 4.78 is 5.45. The Hall–Kier alpha value is -1.12. The van der Waals surface area contributed by atoms with Gasteiger partial charge in [0.2, 0.25) is 5.88 Å². The zero-order valence-corrected chi connectivity index (χ0v) is 8.72. The molecular weight excluding hydrogens is 164 g/mol. The first-order valence-corrected chi connectivity index (χ1v) is 4.59. The monoisotopic (exact) mass is 180 g/mol. The summed E-state index contributed by atoms with van der Waals surface area (Å²) in [6, 6.07) is 0. The average molecular weight is 180 g/mol. The summed E-state index contributed by atoms with van der Waals surface area (Å²) in [6.07, 6.45) is 0.994.